The molecule has 0 aliphatic carbocycles. The highest BCUT2D eigenvalue weighted by Gasteiger charge is 2.40. The van der Waals surface area contributed by atoms with Gasteiger partial charge in [-0.25, -0.2) is 0 Å². The average molecular weight is 483 g/mol. The van der Waals surface area contributed by atoms with Crippen molar-refractivity contribution in [2.75, 3.05) is 19.8 Å². The minimum absolute atomic E-state index is 0.0712. The highest BCUT2D eigenvalue weighted by molar-refractivity contribution is 6.39. The number of nitrogens with zero attached hydrogens (tertiary/aromatic N) is 2. The molecule has 3 heterocycles. The van der Waals surface area contributed by atoms with Crippen molar-refractivity contribution in [2.45, 2.75) is 38.6 Å². The third-order valence-electron chi connectivity index (χ3n) is 6.75. The molecule has 180 valence electrons. The summed E-state index contributed by atoms with van der Waals surface area (Å²) in [6.07, 6.45) is 0.476. The summed E-state index contributed by atoms with van der Waals surface area (Å²) in [4.78, 5) is 52.0. The van der Waals surface area contributed by atoms with Crippen molar-refractivity contribution in [3.63, 3.8) is 0 Å². The highest BCUT2D eigenvalue weighted by atomic mass is 16.5. The Kier molecular flexibility index (Phi) is 6.57. The molecule has 5 rings (SSSR count). The summed E-state index contributed by atoms with van der Waals surface area (Å²) in [7, 11) is 12.6. The van der Waals surface area contributed by atoms with Gasteiger partial charge in [-0.1, -0.05) is 29.1 Å². The lowest BCUT2D eigenvalue weighted by Gasteiger charge is -2.29. The zero-order valence-corrected chi connectivity index (χ0v) is 19.6. The second-order valence-corrected chi connectivity index (χ2v) is 9.09. The van der Waals surface area contributed by atoms with E-state index in [1.807, 2.05) is 0 Å². The number of piperidine rings is 1. The number of nitrogens with one attached hydrogen (secondary N) is 1. The van der Waals surface area contributed by atoms with E-state index in [1.54, 1.807) is 35.2 Å². The van der Waals surface area contributed by atoms with Crippen molar-refractivity contribution < 1.29 is 28.7 Å². The van der Waals surface area contributed by atoms with Gasteiger partial charge in [0.15, 0.2) is 0 Å². The Hall–Kier alpha value is -3.59. The van der Waals surface area contributed by atoms with E-state index < -0.39 is 11.9 Å². The van der Waals surface area contributed by atoms with Crippen LogP contribution in [0.15, 0.2) is 30.3 Å². The molecule has 1 atom stereocenters. The summed E-state index contributed by atoms with van der Waals surface area (Å²) in [6.45, 7) is 1.75. The molecule has 1 N–H and O–H groups in total. The van der Waals surface area contributed by atoms with Gasteiger partial charge in [-0.2, -0.15) is 0 Å². The normalized spacial score (nSPS) is 19.9. The molecule has 2 saturated heterocycles. The van der Waals surface area contributed by atoms with E-state index in [9.17, 15) is 19.2 Å². The fraction of sp³-hybridized carbons (Fsp3) is 0.360. The van der Waals surface area contributed by atoms with Crippen LogP contribution in [0.25, 0.3) is 0 Å². The molecule has 36 heavy (non-hydrogen) atoms. The van der Waals surface area contributed by atoms with Crippen LogP contribution in [0, 0.1) is 0 Å². The van der Waals surface area contributed by atoms with Crippen LogP contribution in [0.5, 0.6) is 5.75 Å². The molecule has 9 nitrogen and oxygen atoms in total. The number of carbonyl (C=O) groups is 4. The van der Waals surface area contributed by atoms with Crippen molar-refractivity contribution in [2.24, 2.45) is 0 Å². The summed E-state index contributed by atoms with van der Waals surface area (Å²) in [5.74, 6) is -0.649. The average Bonchev–Trinajstić information content (AvgIpc) is 3.17. The Morgan fingerprint density at radius 2 is 1.89 bits per heavy atom. The molecule has 2 aromatic rings. The van der Waals surface area contributed by atoms with Crippen LogP contribution in [-0.4, -0.2) is 74.9 Å². The summed E-state index contributed by atoms with van der Waals surface area (Å²) in [6, 6.07) is 8.02. The molecule has 4 radical (unpaired) electrons. The van der Waals surface area contributed by atoms with Crippen LogP contribution >= 0.6 is 0 Å². The zero-order chi connectivity index (χ0) is 25.4. The van der Waals surface area contributed by atoms with Crippen LogP contribution in [0.1, 0.15) is 39.9 Å². The molecular weight excluding hydrogens is 460 g/mol. The molecular formula is C25H23B2N3O6. The number of carbonyl (C=O) groups excluding carboxylic acids is 4. The molecule has 2 aromatic carbocycles. The standard InChI is InChI=1S/C25H23B2N3O6/c26-18-8-14(10-29-6-7-35-13-23(29)32)9-19(27)17(18)12-36-21-3-1-2-15-16(21)11-30(25(15)34)20-4-5-22(31)28-24(20)33/h1-3,8-9,20H,4-7,10-13H2,(H,28,31,33). The predicted molar refractivity (Wildman–Crippen MR) is 130 cm³/mol. The highest BCUT2D eigenvalue weighted by Crippen LogP contribution is 2.33. The fourth-order valence-corrected chi connectivity index (χ4v) is 4.82. The number of hydrogen-bond acceptors (Lipinski definition) is 6. The molecule has 0 bridgehead atoms. The largest absolute Gasteiger partial charge is 0.489 e. The van der Waals surface area contributed by atoms with Gasteiger partial charge in [0.1, 0.15) is 40.7 Å². The molecule has 1 unspecified atom stereocenters. The molecule has 3 aliphatic heterocycles. The van der Waals surface area contributed by atoms with Crippen LogP contribution in [0.4, 0.5) is 0 Å². The second kappa shape index (κ2) is 9.81. The number of amides is 4. The minimum atomic E-state index is -0.701. The quantitative estimate of drug-likeness (QED) is 0.417. The molecule has 4 amide bonds. The van der Waals surface area contributed by atoms with Gasteiger partial charge in [0.05, 0.1) is 13.2 Å². The van der Waals surface area contributed by atoms with E-state index in [4.69, 9.17) is 25.2 Å². The molecule has 11 heteroatoms. The van der Waals surface area contributed by atoms with Crippen molar-refractivity contribution in [1.29, 1.82) is 0 Å². The van der Waals surface area contributed by atoms with E-state index in [0.29, 0.717) is 53.1 Å². The monoisotopic (exact) mass is 483 g/mol. The Morgan fingerprint density at radius 1 is 1.11 bits per heavy atom. The summed E-state index contributed by atoms with van der Waals surface area (Å²) >= 11 is 0. The molecule has 0 saturated carbocycles. The lowest BCUT2D eigenvalue weighted by Crippen LogP contribution is -2.52. The van der Waals surface area contributed by atoms with Gasteiger partial charge < -0.3 is 19.3 Å². The van der Waals surface area contributed by atoms with E-state index in [-0.39, 0.29) is 50.3 Å². The number of morpholine rings is 1. The Bertz CT molecular complexity index is 1240. The third kappa shape index (κ3) is 4.63. The molecule has 0 spiro atoms. The first-order valence-electron chi connectivity index (χ1n) is 11.7. The van der Waals surface area contributed by atoms with Crippen LogP contribution in [0.3, 0.4) is 0 Å². The fourth-order valence-electron chi connectivity index (χ4n) is 4.82. The van der Waals surface area contributed by atoms with Gasteiger partial charge in [0, 0.05) is 30.6 Å². The van der Waals surface area contributed by atoms with Gasteiger partial charge in [-0.05, 0) is 29.7 Å². The van der Waals surface area contributed by atoms with Crippen molar-refractivity contribution in [3.8, 4) is 5.75 Å². The van der Waals surface area contributed by atoms with Crippen LogP contribution in [0.2, 0.25) is 0 Å². The number of fused-ring (bicyclic) bond motifs is 1. The number of ether oxygens (including phenoxy) is 2. The Balaban J connectivity index is 1.30. The SMILES string of the molecule is [B]c1cc(CN2CCOCC2=O)cc([B])c1COc1cccc2c1CN(C1CCC(=O)NC1=O)C2=O. The maximum Gasteiger partial charge on any atom is 0.255 e. The number of hydrogen-bond donors (Lipinski definition) is 1. The van der Waals surface area contributed by atoms with Gasteiger partial charge in [-0.15, -0.1) is 0 Å². The Labute approximate surface area is 210 Å². The molecule has 0 aromatic heterocycles. The van der Waals surface area contributed by atoms with Gasteiger partial charge in [0.2, 0.25) is 17.7 Å². The summed E-state index contributed by atoms with van der Waals surface area (Å²) < 4.78 is 11.2. The molecule has 3 aliphatic rings. The van der Waals surface area contributed by atoms with Crippen LogP contribution < -0.4 is 21.0 Å². The van der Waals surface area contributed by atoms with E-state index >= 15 is 0 Å². The zero-order valence-electron chi connectivity index (χ0n) is 19.6. The number of rotatable bonds is 6. The smallest absolute Gasteiger partial charge is 0.255 e. The van der Waals surface area contributed by atoms with Gasteiger partial charge in [-0.3, -0.25) is 24.5 Å². The van der Waals surface area contributed by atoms with Gasteiger partial charge >= 0.3 is 0 Å². The van der Waals surface area contributed by atoms with E-state index in [1.165, 1.54) is 4.90 Å². The minimum Gasteiger partial charge on any atom is -0.489 e. The summed E-state index contributed by atoms with van der Waals surface area (Å²) in [5.41, 5.74) is 3.45. The Morgan fingerprint density at radius 3 is 2.61 bits per heavy atom. The van der Waals surface area contributed by atoms with Crippen molar-refractivity contribution >= 4 is 50.2 Å². The van der Waals surface area contributed by atoms with Crippen LogP contribution in [-0.2, 0) is 38.8 Å². The maximum absolute atomic E-state index is 13.0. The number of imide groups is 1. The topological polar surface area (TPSA) is 105 Å². The van der Waals surface area contributed by atoms with E-state index in [2.05, 4.69) is 5.32 Å². The number of benzene rings is 2. The third-order valence-corrected chi connectivity index (χ3v) is 6.75. The lowest BCUT2D eigenvalue weighted by atomic mass is 9.79. The first kappa shape index (κ1) is 24.1. The molecule has 2 fully saturated rings. The van der Waals surface area contributed by atoms with Crippen molar-refractivity contribution in [3.05, 3.63) is 52.6 Å². The predicted octanol–water partition coefficient (Wildman–Crippen LogP) is -1.03. The van der Waals surface area contributed by atoms with Crippen molar-refractivity contribution in [1.82, 2.24) is 15.1 Å². The first-order valence-corrected chi connectivity index (χ1v) is 11.7. The van der Waals surface area contributed by atoms with Gasteiger partial charge in [0.25, 0.3) is 5.91 Å². The second-order valence-electron chi connectivity index (χ2n) is 9.09. The lowest BCUT2D eigenvalue weighted by molar-refractivity contribution is -0.143. The maximum atomic E-state index is 13.0. The van der Waals surface area contributed by atoms with E-state index in [0.717, 1.165) is 5.56 Å². The summed E-state index contributed by atoms with van der Waals surface area (Å²) in [5, 5.41) is 2.30. The first-order chi connectivity index (χ1) is 17.3.